The molecule has 0 aromatic heterocycles. The number of amides is 2. The van der Waals surface area contributed by atoms with E-state index in [0.717, 1.165) is 0 Å². The van der Waals surface area contributed by atoms with Crippen LogP contribution in [0.5, 0.6) is 0 Å². The van der Waals surface area contributed by atoms with Crippen LogP contribution >= 0.6 is 8.38 Å². The predicted molar refractivity (Wildman–Crippen MR) is 47.7 cm³/mol. The van der Waals surface area contributed by atoms with Gasteiger partial charge in [-0.2, -0.15) is 0 Å². The van der Waals surface area contributed by atoms with E-state index in [1.807, 2.05) is 0 Å². The van der Waals surface area contributed by atoms with Crippen LogP contribution in [-0.2, 0) is 9.47 Å². The zero-order chi connectivity index (χ0) is 11.8. The van der Waals surface area contributed by atoms with Gasteiger partial charge in [0.25, 0.3) is 0 Å². The summed E-state index contributed by atoms with van der Waals surface area (Å²) < 4.78 is 8.98. The first kappa shape index (κ1) is 23.2. The van der Waals surface area contributed by atoms with Gasteiger partial charge in [0.2, 0.25) is 0 Å². The Labute approximate surface area is 145 Å². The molecule has 0 aromatic rings. The zero-order valence-electron chi connectivity index (χ0n) is 10.5. The van der Waals surface area contributed by atoms with E-state index in [4.69, 9.17) is 0 Å². The molecule has 0 aliphatic rings. The molecule has 0 unspecified atom stereocenters. The van der Waals surface area contributed by atoms with Crippen LogP contribution in [-0.4, -0.2) is 36.6 Å². The molecule has 0 aromatic carbocycles. The van der Waals surface area contributed by atoms with Crippen molar-refractivity contribution in [3.8, 4) is 0 Å². The van der Waals surface area contributed by atoms with Gasteiger partial charge in [-0.15, -0.1) is 0 Å². The molecule has 0 radical (unpaired) electrons. The van der Waals surface area contributed by atoms with Crippen LogP contribution in [0.3, 0.4) is 0 Å². The Balaban J connectivity index is -0.000000980. The van der Waals surface area contributed by atoms with Crippen molar-refractivity contribution in [1.29, 1.82) is 0 Å². The Kier molecular flexibility index (Phi) is 18.5. The van der Waals surface area contributed by atoms with Crippen LogP contribution in [0.1, 0.15) is 13.8 Å². The first-order valence-corrected chi connectivity index (χ1v) is 5.62. The van der Waals surface area contributed by atoms with Crippen LogP contribution in [0.25, 0.3) is 0 Å². The third-order valence-electron chi connectivity index (χ3n) is 1.23. The van der Waals surface area contributed by atoms with E-state index in [9.17, 15) is 19.4 Å². The summed E-state index contributed by atoms with van der Waals surface area (Å²) in [7, 11) is -2.90. The Morgan fingerprint density at radius 3 is 1.65 bits per heavy atom. The van der Waals surface area contributed by atoms with Crippen molar-refractivity contribution >= 4 is 20.6 Å². The van der Waals surface area contributed by atoms with E-state index in [0.29, 0.717) is 4.90 Å². The first-order chi connectivity index (χ1) is 7.02. The second-order valence-corrected chi connectivity index (χ2v) is 3.25. The summed E-state index contributed by atoms with van der Waals surface area (Å²) in [6.45, 7) is 3.17. The molecule has 0 saturated heterocycles. The largest absolute Gasteiger partial charge is 1.00 e. The zero-order valence-corrected chi connectivity index (χ0v) is 15.4. The molecule has 0 aliphatic heterocycles. The molecule has 7 nitrogen and oxygen atoms in total. The average molecular weight is 283 g/mol. The van der Waals surface area contributed by atoms with Crippen LogP contribution < -0.4 is 68.9 Å². The van der Waals surface area contributed by atoms with Crippen LogP contribution in [0.4, 0.5) is 9.59 Å². The molecule has 0 heterocycles. The number of hydrogen-bond acceptors (Lipinski definition) is 6. The smallest absolute Gasteiger partial charge is 0.840 e. The number of ether oxygens (including phenoxy) is 2. The summed E-state index contributed by atoms with van der Waals surface area (Å²) in [4.78, 5) is 43.5. The van der Waals surface area contributed by atoms with E-state index in [1.165, 1.54) is 0 Å². The van der Waals surface area contributed by atoms with E-state index < -0.39 is 26.8 Å². The molecule has 0 rings (SSSR count). The van der Waals surface area contributed by atoms with Crippen molar-refractivity contribution in [2.75, 3.05) is 19.5 Å². The normalized spacial score (nSPS) is 8.76. The molecular weight excluding hydrogens is 271 g/mol. The molecule has 0 aliphatic carbocycles. The minimum absolute atomic E-state index is 0. The van der Waals surface area contributed by atoms with E-state index >= 15 is 0 Å². The molecule has 0 N–H and O–H groups in total. The Bertz CT molecular complexity index is 212. The molecule has 88 valence electrons. The molecule has 0 saturated carbocycles. The number of hydrogen-bond donors (Lipinski definition) is 0. The van der Waals surface area contributed by atoms with E-state index in [-0.39, 0.29) is 72.3 Å². The van der Waals surface area contributed by atoms with Gasteiger partial charge in [0.05, 0.1) is 13.2 Å². The number of rotatable bonds is 4. The summed E-state index contributed by atoms with van der Waals surface area (Å²) in [5.41, 5.74) is 0. The number of carbonyl (C=O) groups excluding carboxylic acids is 2. The third kappa shape index (κ3) is 10.7. The summed E-state index contributed by atoms with van der Waals surface area (Å²) in [6, 6.07) is 0. The van der Waals surface area contributed by atoms with Crippen molar-refractivity contribution < 1.29 is 88.0 Å². The maximum Gasteiger partial charge on any atom is 1.00 e. The Morgan fingerprint density at radius 2 is 1.41 bits per heavy atom. The molecule has 17 heavy (non-hydrogen) atoms. The van der Waals surface area contributed by atoms with Crippen molar-refractivity contribution in [3.05, 3.63) is 0 Å². The van der Waals surface area contributed by atoms with Crippen molar-refractivity contribution in [3.63, 3.8) is 0 Å². The summed E-state index contributed by atoms with van der Waals surface area (Å²) in [5.74, 6) is 0. The molecule has 10 heteroatoms. The SMILES string of the molecule is CCOC(=O)N(CP([O-])[O-])C(=O)OCC.[Na+].[Na+]. The van der Waals surface area contributed by atoms with Crippen molar-refractivity contribution in [2.45, 2.75) is 13.8 Å². The van der Waals surface area contributed by atoms with Gasteiger partial charge in [0.1, 0.15) is 0 Å². The topological polar surface area (TPSA) is 102 Å². The van der Waals surface area contributed by atoms with E-state index in [2.05, 4.69) is 9.47 Å². The van der Waals surface area contributed by atoms with Crippen LogP contribution in [0, 0.1) is 0 Å². The second-order valence-electron chi connectivity index (χ2n) is 2.30. The first-order valence-electron chi connectivity index (χ1n) is 4.25. The fraction of sp³-hybridized carbons (Fsp3) is 0.714. The van der Waals surface area contributed by atoms with Crippen LogP contribution in [0.15, 0.2) is 0 Å². The van der Waals surface area contributed by atoms with Gasteiger partial charge >= 0.3 is 71.3 Å². The standard InChI is InChI=1S/C7H12NO6P.2Na/c1-3-13-6(9)8(5-15(11)12)7(10)14-4-2;;/h3-5H2,1-2H3;;/q-2;2*+1. The van der Waals surface area contributed by atoms with Gasteiger partial charge in [0, 0.05) is 6.29 Å². The fourth-order valence-electron chi connectivity index (χ4n) is 0.708. The van der Waals surface area contributed by atoms with Gasteiger partial charge in [-0.05, 0) is 13.8 Å². The minimum Gasteiger partial charge on any atom is -0.840 e. The summed E-state index contributed by atoms with van der Waals surface area (Å²) >= 11 is 0. The average Bonchev–Trinajstić information content (AvgIpc) is 2.14. The second kappa shape index (κ2) is 13.5. The maximum atomic E-state index is 11.1. The monoisotopic (exact) mass is 283 g/mol. The number of carbonyl (C=O) groups is 2. The quantitative estimate of drug-likeness (QED) is 0.375. The Hall–Kier alpha value is 1.09. The van der Waals surface area contributed by atoms with Gasteiger partial charge < -0.3 is 19.3 Å². The molecular formula is C7H12NNa2O6P. The van der Waals surface area contributed by atoms with Crippen molar-refractivity contribution in [2.24, 2.45) is 0 Å². The molecule has 2 amide bonds. The van der Waals surface area contributed by atoms with Crippen LogP contribution in [0.2, 0.25) is 0 Å². The van der Waals surface area contributed by atoms with Gasteiger partial charge in [-0.3, -0.25) is 8.38 Å². The van der Waals surface area contributed by atoms with Gasteiger partial charge in [-0.1, -0.05) is 0 Å². The summed E-state index contributed by atoms with van der Waals surface area (Å²) in [6.07, 6.45) is -2.81. The Morgan fingerprint density at radius 1 is 1.06 bits per heavy atom. The number of nitrogens with zero attached hydrogens (tertiary/aromatic N) is 1. The third-order valence-corrected chi connectivity index (χ3v) is 1.75. The van der Waals surface area contributed by atoms with Gasteiger partial charge in [0.15, 0.2) is 0 Å². The molecule has 0 bridgehead atoms. The molecule has 0 atom stereocenters. The maximum absolute atomic E-state index is 11.1. The predicted octanol–water partition coefficient (Wildman–Crippen LogP) is -6.40. The minimum atomic E-state index is -2.90. The van der Waals surface area contributed by atoms with E-state index in [1.54, 1.807) is 13.8 Å². The number of imide groups is 1. The molecule has 0 spiro atoms. The molecule has 0 fully saturated rings. The van der Waals surface area contributed by atoms with Crippen molar-refractivity contribution in [1.82, 2.24) is 4.90 Å². The summed E-state index contributed by atoms with van der Waals surface area (Å²) in [5, 5.41) is 0. The van der Waals surface area contributed by atoms with Gasteiger partial charge in [-0.25, -0.2) is 14.5 Å². The fourth-order valence-corrected chi connectivity index (χ4v) is 1.17.